The summed E-state index contributed by atoms with van der Waals surface area (Å²) in [4.78, 5) is 0.163. The highest BCUT2D eigenvalue weighted by Crippen LogP contribution is 2.25. The number of nitrogens with one attached hydrogen (secondary N) is 2. The van der Waals surface area contributed by atoms with Crippen LogP contribution in [0, 0.1) is 12.7 Å². The van der Waals surface area contributed by atoms with E-state index >= 15 is 0 Å². The molecule has 0 bridgehead atoms. The predicted octanol–water partition coefficient (Wildman–Crippen LogP) is 1.83. The summed E-state index contributed by atoms with van der Waals surface area (Å²) in [5.74, 6) is -0.316. The molecule has 4 nitrogen and oxygen atoms in total. The SMILES string of the molecule is Cc1cc(S(=O)(=O)NC2CC2)cc(CNC2CC2)c1F. The van der Waals surface area contributed by atoms with Crippen molar-refractivity contribution >= 4 is 10.0 Å². The zero-order chi connectivity index (χ0) is 14.3. The van der Waals surface area contributed by atoms with E-state index in [9.17, 15) is 12.8 Å². The number of halogens is 1. The first kappa shape index (κ1) is 14.0. The molecule has 2 aliphatic carbocycles. The van der Waals surface area contributed by atoms with Gasteiger partial charge in [0.15, 0.2) is 0 Å². The Hall–Kier alpha value is -0.980. The molecule has 20 heavy (non-hydrogen) atoms. The second-order valence-corrected chi connectivity index (χ2v) is 7.48. The van der Waals surface area contributed by atoms with Gasteiger partial charge in [-0.25, -0.2) is 17.5 Å². The number of aryl methyl sites for hydroxylation is 1. The van der Waals surface area contributed by atoms with E-state index in [-0.39, 0.29) is 16.8 Å². The third kappa shape index (κ3) is 3.19. The van der Waals surface area contributed by atoms with Crippen LogP contribution in [-0.4, -0.2) is 20.5 Å². The van der Waals surface area contributed by atoms with Gasteiger partial charge < -0.3 is 5.32 Å². The van der Waals surface area contributed by atoms with E-state index in [0.717, 1.165) is 25.7 Å². The summed E-state index contributed by atoms with van der Waals surface area (Å²) >= 11 is 0. The van der Waals surface area contributed by atoms with Crippen LogP contribution in [-0.2, 0) is 16.6 Å². The molecule has 1 aromatic rings. The molecule has 0 aromatic heterocycles. The van der Waals surface area contributed by atoms with Crippen molar-refractivity contribution in [3.8, 4) is 0 Å². The topological polar surface area (TPSA) is 58.2 Å². The zero-order valence-corrected chi connectivity index (χ0v) is 12.3. The van der Waals surface area contributed by atoms with E-state index in [1.807, 2.05) is 0 Å². The van der Waals surface area contributed by atoms with Crippen molar-refractivity contribution < 1.29 is 12.8 Å². The Bertz CT molecular complexity index is 622. The molecule has 0 unspecified atom stereocenters. The Morgan fingerprint density at radius 3 is 2.45 bits per heavy atom. The molecule has 0 aliphatic heterocycles. The maximum Gasteiger partial charge on any atom is 0.240 e. The summed E-state index contributed by atoms with van der Waals surface area (Å²) < 4.78 is 41.1. The monoisotopic (exact) mass is 298 g/mol. The summed E-state index contributed by atoms with van der Waals surface area (Å²) in [6.45, 7) is 1.98. The summed E-state index contributed by atoms with van der Waals surface area (Å²) in [7, 11) is -3.53. The molecule has 110 valence electrons. The normalized spacial score (nSPS) is 19.3. The minimum absolute atomic E-state index is 0.0541. The van der Waals surface area contributed by atoms with Crippen LogP contribution in [0.5, 0.6) is 0 Å². The van der Waals surface area contributed by atoms with E-state index < -0.39 is 10.0 Å². The quantitative estimate of drug-likeness (QED) is 0.842. The fourth-order valence-corrected chi connectivity index (χ4v) is 3.56. The standard InChI is InChI=1S/C14H19FN2O2S/c1-9-6-13(20(18,19)17-12-4-5-12)7-10(14(9)15)8-16-11-2-3-11/h6-7,11-12,16-17H,2-5,8H2,1H3. The van der Waals surface area contributed by atoms with Gasteiger partial charge in [0.25, 0.3) is 0 Å². The van der Waals surface area contributed by atoms with Gasteiger partial charge in [0.1, 0.15) is 5.82 Å². The second kappa shape index (κ2) is 5.09. The minimum atomic E-state index is -3.53. The molecule has 0 heterocycles. The molecule has 1 aromatic carbocycles. The van der Waals surface area contributed by atoms with Crippen LogP contribution in [0.15, 0.2) is 17.0 Å². The van der Waals surface area contributed by atoms with Crippen LogP contribution in [0.2, 0.25) is 0 Å². The maximum atomic E-state index is 14.1. The van der Waals surface area contributed by atoms with Gasteiger partial charge in [-0.05, 0) is 50.3 Å². The molecule has 3 rings (SSSR count). The lowest BCUT2D eigenvalue weighted by atomic mass is 10.1. The van der Waals surface area contributed by atoms with Crippen molar-refractivity contribution in [3.05, 3.63) is 29.1 Å². The van der Waals surface area contributed by atoms with Gasteiger partial charge in [-0.2, -0.15) is 0 Å². The van der Waals surface area contributed by atoms with Crippen LogP contribution < -0.4 is 10.0 Å². The Morgan fingerprint density at radius 1 is 1.20 bits per heavy atom. The van der Waals surface area contributed by atoms with Crippen molar-refractivity contribution in [1.29, 1.82) is 0 Å². The van der Waals surface area contributed by atoms with Crippen LogP contribution >= 0.6 is 0 Å². The molecule has 0 saturated heterocycles. The lowest BCUT2D eigenvalue weighted by molar-refractivity contribution is 0.569. The Morgan fingerprint density at radius 2 is 1.85 bits per heavy atom. The lowest BCUT2D eigenvalue weighted by Crippen LogP contribution is -2.26. The molecule has 0 radical (unpaired) electrons. The Kier molecular flexibility index (Phi) is 3.56. The van der Waals surface area contributed by atoms with Gasteiger partial charge in [0.05, 0.1) is 4.90 Å². The molecule has 2 saturated carbocycles. The number of sulfonamides is 1. The van der Waals surface area contributed by atoms with Gasteiger partial charge in [-0.15, -0.1) is 0 Å². The minimum Gasteiger partial charge on any atom is -0.310 e. The van der Waals surface area contributed by atoms with E-state index in [0.29, 0.717) is 23.7 Å². The third-order valence-electron chi connectivity index (χ3n) is 3.67. The molecule has 6 heteroatoms. The van der Waals surface area contributed by atoms with E-state index in [2.05, 4.69) is 10.0 Å². The zero-order valence-electron chi connectivity index (χ0n) is 11.4. The summed E-state index contributed by atoms with van der Waals surface area (Å²) in [5, 5.41) is 3.22. The van der Waals surface area contributed by atoms with Gasteiger partial charge in [0.2, 0.25) is 10.0 Å². The molecule has 0 spiro atoms. The average Bonchev–Trinajstić information content (AvgIpc) is 3.24. The van der Waals surface area contributed by atoms with Crippen LogP contribution in [0.3, 0.4) is 0 Å². The average molecular weight is 298 g/mol. The predicted molar refractivity (Wildman–Crippen MR) is 74.3 cm³/mol. The van der Waals surface area contributed by atoms with E-state index in [1.54, 1.807) is 6.92 Å². The number of rotatable bonds is 6. The molecule has 0 amide bonds. The highest BCUT2D eigenvalue weighted by Gasteiger charge is 2.29. The molecule has 0 atom stereocenters. The Balaban J connectivity index is 1.85. The molecule has 2 aliphatic rings. The van der Waals surface area contributed by atoms with Crippen molar-refractivity contribution in [3.63, 3.8) is 0 Å². The summed E-state index contributed by atoms with van der Waals surface area (Å²) in [6.07, 6.45) is 3.99. The molecule has 2 fully saturated rings. The largest absolute Gasteiger partial charge is 0.310 e. The van der Waals surface area contributed by atoms with Gasteiger partial charge in [-0.3, -0.25) is 0 Å². The van der Waals surface area contributed by atoms with E-state index in [4.69, 9.17) is 0 Å². The smallest absolute Gasteiger partial charge is 0.240 e. The first-order valence-corrected chi connectivity index (χ1v) is 8.49. The number of hydrogen-bond acceptors (Lipinski definition) is 3. The fourth-order valence-electron chi connectivity index (χ4n) is 2.12. The number of benzene rings is 1. The number of hydrogen-bond donors (Lipinski definition) is 2. The summed E-state index contributed by atoms with van der Waals surface area (Å²) in [6, 6.07) is 3.36. The van der Waals surface area contributed by atoms with Crippen LogP contribution in [0.1, 0.15) is 36.8 Å². The van der Waals surface area contributed by atoms with E-state index in [1.165, 1.54) is 12.1 Å². The van der Waals surface area contributed by atoms with Crippen LogP contribution in [0.25, 0.3) is 0 Å². The molecule has 2 N–H and O–H groups in total. The van der Waals surface area contributed by atoms with Gasteiger partial charge in [0, 0.05) is 24.2 Å². The van der Waals surface area contributed by atoms with Crippen LogP contribution in [0.4, 0.5) is 4.39 Å². The van der Waals surface area contributed by atoms with Crippen molar-refractivity contribution in [2.24, 2.45) is 0 Å². The summed E-state index contributed by atoms with van der Waals surface area (Å²) in [5.41, 5.74) is 0.796. The van der Waals surface area contributed by atoms with Gasteiger partial charge in [-0.1, -0.05) is 0 Å². The molecular weight excluding hydrogens is 279 g/mol. The van der Waals surface area contributed by atoms with Crippen molar-refractivity contribution in [2.45, 2.75) is 56.1 Å². The highest BCUT2D eigenvalue weighted by atomic mass is 32.2. The molecular formula is C14H19FN2O2S. The Labute approximate surface area is 118 Å². The van der Waals surface area contributed by atoms with Gasteiger partial charge >= 0.3 is 0 Å². The first-order chi connectivity index (χ1) is 9.45. The maximum absolute atomic E-state index is 14.1. The van der Waals surface area contributed by atoms with Crippen molar-refractivity contribution in [2.75, 3.05) is 0 Å². The third-order valence-corrected chi connectivity index (χ3v) is 5.17. The first-order valence-electron chi connectivity index (χ1n) is 7.00. The van der Waals surface area contributed by atoms with Crippen molar-refractivity contribution in [1.82, 2.24) is 10.0 Å². The second-order valence-electron chi connectivity index (χ2n) is 5.76. The lowest BCUT2D eigenvalue weighted by Gasteiger charge is -2.11. The highest BCUT2D eigenvalue weighted by molar-refractivity contribution is 7.89. The fraction of sp³-hybridized carbons (Fsp3) is 0.571.